The second-order valence-corrected chi connectivity index (χ2v) is 7.01. The average molecular weight is 408 g/mol. The van der Waals surface area contributed by atoms with Crippen LogP contribution in [-0.2, 0) is 7.05 Å². The minimum absolute atomic E-state index is 0.249. The number of rotatable bonds is 3. The van der Waals surface area contributed by atoms with Crippen LogP contribution >= 0.6 is 0 Å². The van der Waals surface area contributed by atoms with Crippen molar-refractivity contribution >= 4 is 17.5 Å². The third kappa shape index (κ3) is 4.60. The third-order valence-electron chi connectivity index (χ3n) is 4.69. The highest BCUT2D eigenvalue weighted by Gasteiger charge is 2.09. The summed E-state index contributed by atoms with van der Waals surface area (Å²) < 4.78 is 1.72. The van der Waals surface area contributed by atoms with E-state index in [4.69, 9.17) is 5.73 Å². The van der Waals surface area contributed by atoms with Crippen molar-refractivity contribution in [2.75, 3.05) is 11.1 Å². The van der Waals surface area contributed by atoms with Gasteiger partial charge in [-0.15, -0.1) is 0 Å². The van der Waals surface area contributed by atoms with Gasteiger partial charge in [-0.1, -0.05) is 24.0 Å². The molecule has 152 valence electrons. The number of benzene rings is 1. The summed E-state index contributed by atoms with van der Waals surface area (Å²) in [7, 11) is 1.86. The topological polar surface area (TPSA) is 98.7 Å². The molecule has 1 amide bonds. The largest absolute Gasteiger partial charge is 0.383 e. The van der Waals surface area contributed by atoms with Gasteiger partial charge in [0.05, 0.1) is 11.8 Å². The lowest BCUT2D eigenvalue weighted by Crippen LogP contribution is -2.13. The fraction of sp³-hybridized carbons (Fsp3) is 0.0833. The number of hydrogen-bond acceptors (Lipinski definition) is 5. The number of pyridine rings is 2. The van der Waals surface area contributed by atoms with Crippen molar-refractivity contribution in [2.45, 2.75) is 6.92 Å². The Labute approximate surface area is 180 Å². The summed E-state index contributed by atoms with van der Waals surface area (Å²) in [6.45, 7) is 1.94. The van der Waals surface area contributed by atoms with Crippen molar-refractivity contribution in [1.29, 1.82) is 0 Å². The Morgan fingerprint density at radius 1 is 1.03 bits per heavy atom. The molecule has 0 aliphatic rings. The Kier molecular flexibility index (Phi) is 5.45. The molecule has 0 saturated carbocycles. The highest BCUT2D eigenvalue weighted by atomic mass is 16.1. The Balaban J connectivity index is 1.62. The van der Waals surface area contributed by atoms with Crippen LogP contribution in [0, 0.1) is 18.8 Å². The smallest absolute Gasteiger partial charge is 0.256 e. The molecule has 0 spiro atoms. The second kappa shape index (κ2) is 8.51. The first kappa shape index (κ1) is 19.9. The fourth-order valence-electron chi connectivity index (χ4n) is 2.96. The van der Waals surface area contributed by atoms with Gasteiger partial charge in [-0.2, -0.15) is 5.10 Å². The molecule has 0 unspecified atom stereocenters. The van der Waals surface area contributed by atoms with Crippen LogP contribution in [0.15, 0.2) is 67.3 Å². The van der Waals surface area contributed by atoms with Crippen LogP contribution in [0.4, 0.5) is 11.6 Å². The first-order chi connectivity index (χ1) is 15.0. The molecular weight excluding hydrogens is 388 g/mol. The van der Waals surface area contributed by atoms with E-state index in [9.17, 15) is 4.79 Å². The Hall–Kier alpha value is -4.44. The summed E-state index contributed by atoms with van der Waals surface area (Å²) in [5.41, 5.74) is 10.6. The first-order valence-corrected chi connectivity index (χ1v) is 9.59. The van der Waals surface area contributed by atoms with Crippen LogP contribution < -0.4 is 11.1 Å². The molecule has 1 aromatic carbocycles. The zero-order chi connectivity index (χ0) is 21.8. The third-order valence-corrected chi connectivity index (χ3v) is 4.69. The highest BCUT2D eigenvalue weighted by molar-refractivity contribution is 6.04. The number of hydrogen-bond donors (Lipinski definition) is 2. The van der Waals surface area contributed by atoms with E-state index in [2.05, 4.69) is 32.2 Å². The molecule has 0 atom stereocenters. The van der Waals surface area contributed by atoms with E-state index in [1.807, 2.05) is 38.4 Å². The number of amides is 1. The summed E-state index contributed by atoms with van der Waals surface area (Å²) in [6, 6.07) is 12.6. The highest BCUT2D eigenvalue weighted by Crippen LogP contribution is 2.21. The van der Waals surface area contributed by atoms with Crippen LogP contribution in [-0.4, -0.2) is 25.7 Å². The molecular formula is C24H20N6O. The maximum Gasteiger partial charge on any atom is 0.256 e. The number of aromatic nitrogens is 4. The summed E-state index contributed by atoms with van der Waals surface area (Å²) in [5, 5.41) is 6.96. The van der Waals surface area contributed by atoms with Crippen molar-refractivity contribution in [2.24, 2.45) is 7.05 Å². The van der Waals surface area contributed by atoms with Gasteiger partial charge in [-0.05, 0) is 42.8 Å². The minimum atomic E-state index is -0.249. The van der Waals surface area contributed by atoms with Gasteiger partial charge in [0.2, 0.25) is 0 Å². The minimum Gasteiger partial charge on any atom is -0.383 e. The predicted molar refractivity (Wildman–Crippen MR) is 120 cm³/mol. The number of anilines is 2. The first-order valence-electron chi connectivity index (χ1n) is 9.59. The molecule has 7 nitrogen and oxygen atoms in total. The number of nitrogens with two attached hydrogens (primary N) is 1. The quantitative estimate of drug-likeness (QED) is 0.506. The Morgan fingerprint density at radius 2 is 1.87 bits per heavy atom. The van der Waals surface area contributed by atoms with Crippen LogP contribution in [0.1, 0.15) is 27.0 Å². The van der Waals surface area contributed by atoms with Gasteiger partial charge in [-0.25, -0.2) is 9.97 Å². The van der Waals surface area contributed by atoms with Crippen molar-refractivity contribution < 1.29 is 4.79 Å². The zero-order valence-corrected chi connectivity index (χ0v) is 17.1. The molecule has 0 bridgehead atoms. The van der Waals surface area contributed by atoms with Gasteiger partial charge in [0, 0.05) is 47.9 Å². The van der Waals surface area contributed by atoms with Crippen LogP contribution in [0.5, 0.6) is 0 Å². The Morgan fingerprint density at radius 3 is 2.61 bits per heavy atom. The molecule has 0 fully saturated rings. The number of nitrogens with one attached hydrogen (secondary N) is 1. The van der Waals surface area contributed by atoms with Crippen molar-refractivity contribution in [3.63, 3.8) is 0 Å². The van der Waals surface area contributed by atoms with E-state index >= 15 is 0 Å². The van der Waals surface area contributed by atoms with Crippen LogP contribution in [0.3, 0.4) is 0 Å². The van der Waals surface area contributed by atoms with Crippen LogP contribution in [0.25, 0.3) is 11.1 Å². The van der Waals surface area contributed by atoms with E-state index in [-0.39, 0.29) is 5.91 Å². The molecule has 3 N–H and O–H groups in total. The summed E-state index contributed by atoms with van der Waals surface area (Å²) in [4.78, 5) is 20.9. The van der Waals surface area contributed by atoms with E-state index in [0.29, 0.717) is 22.8 Å². The molecule has 0 aliphatic carbocycles. The Bertz CT molecular complexity index is 1310. The lowest BCUT2D eigenvalue weighted by Gasteiger charge is -2.06. The van der Waals surface area contributed by atoms with Gasteiger partial charge in [-0.3, -0.25) is 9.48 Å². The number of carbonyl (C=O) groups is 1. The van der Waals surface area contributed by atoms with Gasteiger partial charge in [0.25, 0.3) is 5.91 Å². The summed E-state index contributed by atoms with van der Waals surface area (Å²) >= 11 is 0. The molecule has 4 aromatic rings. The van der Waals surface area contributed by atoms with Crippen molar-refractivity contribution in [3.05, 3.63) is 89.5 Å². The monoisotopic (exact) mass is 408 g/mol. The molecule has 7 heteroatoms. The maximum absolute atomic E-state index is 12.6. The average Bonchev–Trinajstić information content (AvgIpc) is 3.21. The summed E-state index contributed by atoms with van der Waals surface area (Å²) in [5.74, 6) is 6.81. The summed E-state index contributed by atoms with van der Waals surface area (Å²) in [6.07, 6.45) is 6.99. The van der Waals surface area contributed by atoms with Gasteiger partial charge >= 0.3 is 0 Å². The van der Waals surface area contributed by atoms with E-state index in [0.717, 1.165) is 22.3 Å². The molecule has 4 rings (SSSR count). The lowest BCUT2D eigenvalue weighted by atomic mass is 10.0. The molecule has 0 radical (unpaired) electrons. The molecule has 31 heavy (non-hydrogen) atoms. The lowest BCUT2D eigenvalue weighted by molar-refractivity contribution is 0.102. The molecule has 3 heterocycles. The predicted octanol–water partition coefficient (Wildman–Crippen LogP) is 3.42. The van der Waals surface area contributed by atoms with E-state index in [1.165, 1.54) is 0 Å². The SMILES string of the molecule is Cc1ccc(C(=O)Nc2ccccn2)cc1C#Cc1cc(-c2cnn(C)c2)cnc1N. The number of nitrogen functional groups attached to an aromatic ring is 1. The number of carbonyl (C=O) groups excluding carboxylic acids is 1. The van der Waals surface area contributed by atoms with E-state index in [1.54, 1.807) is 47.5 Å². The van der Waals surface area contributed by atoms with Gasteiger partial charge in [0.1, 0.15) is 11.6 Å². The maximum atomic E-state index is 12.6. The number of aryl methyl sites for hydroxylation is 2. The second-order valence-electron chi connectivity index (χ2n) is 7.01. The molecule has 0 aliphatic heterocycles. The van der Waals surface area contributed by atoms with E-state index < -0.39 is 0 Å². The molecule has 3 aromatic heterocycles. The molecule has 0 saturated heterocycles. The number of nitrogens with zero attached hydrogens (tertiary/aromatic N) is 4. The van der Waals surface area contributed by atoms with Crippen molar-refractivity contribution in [3.8, 4) is 23.0 Å². The zero-order valence-electron chi connectivity index (χ0n) is 17.1. The van der Waals surface area contributed by atoms with Gasteiger partial charge in [0.15, 0.2) is 0 Å². The normalized spacial score (nSPS) is 10.3. The standard InChI is InChI=1S/C24H20N6O/c1-16-6-7-19(24(31)29-22-5-3-4-10-26-22)11-17(16)8-9-18-12-20(13-27-23(18)25)21-14-28-30(2)15-21/h3-7,10-15H,1-2H3,(H2,25,27)(H,26,29,31). The van der Waals surface area contributed by atoms with Crippen molar-refractivity contribution in [1.82, 2.24) is 19.7 Å². The van der Waals surface area contributed by atoms with Crippen LogP contribution in [0.2, 0.25) is 0 Å². The van der Waals surface area contributed by atoms with Gasteiger partial charge < -0.3 is 11.1 Å². The fourth-order valence-corrected chi connectivity index (χ4v) is 2.96.